The highest BCUT2D eigenvalue weighted by atomic mass is 32.2. The van der Waals surface area contributed by atoms with Crippen molar-refractivity contribution in [3.8, 4) is 11.5 Å². The van der Waals surface area contributed by atoms with Crippen LogP contribution in [-0.4, -0.2) is 27.9 Å². The summed E-state index contributed by atoms with van der Waals surface area (Å²) >= 11 is 1.53. The van der Waals surface area contributed by atoms with E-state index in [1.165, 1.54) is 18.1 Å². The Morgan fingerprint density at radius 2 is 2.12 bits per heavy atom. The second-order valence-corrected chi connectivity index (χ2v) is 6.27. The monoisotopic (exact) mass is 354 g/mol. The van der Waals surface area contributed by atoms with Crippen LogP contribution < -0.4 is 14.8 Å². The normalized spacial score (nSPS) is 12.2. The van der Waals surface area contributed by atoms with Gasteiger partial charge in [-0.25, -0.2) is 4.98 Å². The first-order chi connectivity index (χ1) is 12.3. The molecule has 126 valence electrons. The van der Waals surface area contributed by atoms with Crippen LogP contribution in [0.1, 0.15) is 15.9 Å². The molecule has 7 nitrogen and oxygen atoms in total. The highest BCUT2D eigenvalue weighted by molar-refractivity contribution is 7.98. The minimum atomic E-state index is -0.176. The van der Waals surface area contributed by atoms with Crippen LogP contribution in [0.4, 0.5) is 5.69 Å². The summed E-state index contributed by atoms with van der Waals surface area (Å²) in [5, 5.41) is 10.2. The van der Waals surface area contributed by atoms with Crippen molar-refractivity contribution < 1.29 is 14.3 Å². The standard InChI is InChI=1S/C17H14N4O3S/c22-16(20-13-4-5-14-15(7-13)24-10-23-14)12-3-1-2-11(6-12)8-25-17-18-9-19-21-17/h1-7,9H,8,10H2,(H,20,22)(H,18,19,21). The van der Waals surface area contributed by atoms with Gasteiger partial charge in [0.1, 0.15) is 6.33 Å². The maximum Gasteiger partial charge on any atom is 0.255 e. The van der Waals surface area contributed by atoms with Crippen LogP contribution in [0.3, 0.4) is 0 Å². The Morgan fingerprint density at radius 1 is 1.20 bits per heavy atom. The number of nitrogens with one attached hydrogen (secondary N) is 2. The van der Waals surface area contributed by atoms with Crippen LogP contribution in [0.25, 0.3) is 0 Å². The average Bonchev–Trinajstić information content (AvgIpc) is 3.31. The van der Waals surface area contributed by atoms with E-state index in [0.29, 0.717) is 28.5 Å². The van der Waals surface area contributed by atoms with E-state index >= 15 is 0 Å². The molecule has 1 aliphatic rings. The fraction of sp³-hybridized carbons (Fsp3) is 0.118. The SMILES string of the molecule is O=C(Nc1ccc2c(c1)OCO2)c1cccc(CSc2ncn[nH]2)c1. The van der Waals surface area contributed by atoms with Gasteiger partial charge in [0, 0.05) is 23.1 Å². The van der Waals surface area contributed by atoms with E-state index in [0.717, 1.165) is 10.7 Å². The Kier molecular flexibility index (Phi) is 4.26. The summed E-state index contributed by atoms with van der Waals surface area (Å²) in [6.45, 7) is 0.206. The molecule has 0 saturated carbocycles. The molecule has 2 aromatic carbocycles. The molecule has 0 spiro atoms. The molecule has 0 saturated heterocycles. The third-order valence-corrected chi connectivity index (χ3v) is 4.54. The topological polar surface area (TPSA) is 89.1 Å². The fourth-order valence-corrected chi connectivity index (χ4v) is 3.12. The van der Waals surface area contributed by atoms with Gasteiger partial charge in [-0.3, -0.25) is 9.89 Å². The van der Waals surface area contributed by atoms with Crippen LogP contribution >= 0.6 is 11.8 Å². The van der Waals surface area contributed by atoms with Crippen molar-refractivity contribution in [2.75, 3.05) is 12.1 Å². The minimum Gasteiger partial charge on any atom is -0.454 e. The molecular formula is C17H14N4O3S. The zero-order valence-corrected chi connectivity index (χ0v) is 13.9. The summed E-state index contributed by atoms with van der Waals surface area (Å²) in [5.41, 5.74) is 2.28. The number of anilines is 1. The minimum absolute atomic E-state index is 0.176. The number of nitrogens with zero attached hydrogens (tertiary/aromatic N) is 2. The maximum atomic E-state index is 12.5. The van der Waals surface area contributed by atoms with Crippen molar-refractivity contribution in [3.05, 3.63) is 59.9 Å². The predicted molar refractivity (Wildman–Crippen MR) is 92.9 cm³/mol. The second kappa shape index (κ2) is 6.86. The van der Waals surface area contributed by atoms with Gasteiger partial charge < -0.3 is 14.8 Å². The van der Waals surface area contributed by atoms with Gasteiger partial charge in [-0.1, -0.05) is 23.9 Å². The molecule has 4 rings (SSSR count). The number of rotatable bonds is 5. The summed E-state index contributed by atoms with van der Waals surface area (Å²) in [6.07, 6.45) is 1.47. The molecule has 0 fully saturated rings. The molecule has 1 amide bonds. The lowest BCUT2D eigenvalue weighted by Crippen LogP contribution is -2.12. The van der Waals surface area contributed by atoms with Gasteiger partial charge >= 0.3 is 0 Å². The van der Waals surface area contributed by atoms with Crippen molar-refractivity contribution >= 4 is 23.4 Å². The number of aromatic amines is 1. The predicted octanol–water partition coefficient (Wildman–Crippen LogP) is 3.08. The van der Waals surface area contributed by atoms with Gasteiger partial charge in [0.25, 0.3) is 5.91 Å². The molecule has 0 radical (unpaired) electrons. The Hall–Kier alpha value is -3.00. The molecule has 0 bridgehead atoms. The zero-order valence-electron chi connectivity index (χ0n) is 13.1. The lowest BCUT2D eigenvalue weighted by atomic mass is 10.1. The third-order valence-electron chi connectivity index (χ3n) is 3.59. The van der Waals surface area contributed by atoms with Crippen molar-refractivity contribution in [2.24, 2.45) is 0 Å². The molecule has 1 aromatic heterocycles. The largest absolute Gasteiger partial charge is 0.454 e. The number of thioether (sulfide) groups is 1. The first kappa shape index (κ1) is 15.5. The van der Waals surface area contributed by atoms with Gasteiger partial charge in [-0.15, -0.1) is 0 Å². The molecular weight excluding hydrogens is 340 g/mol. The molecule has 0 unspecified atom stereocenters. The summed E-state index contributed by atoms with van der Waals surface area (Å²) in [4.78, 5) is 16.5. The number of fused-ring (bicyclic) bond motifs is 1. The van der Waals surface area contributed by atoms with E-state index in [1.807, 2.05) is 18.2 Å². The summed E-state index contributed by atoms with van der Waals surface area (Å²) in [6, 6.07) is 12.8. The third kappa shape index (κ3) is 3.58. The Bertz CT molecular complexity index is 899. The number of benzene rings is 2. The molecule has 0 aliphatic carbocycles. The van der Waals surface area contributed by atoms with Crippen LogP contribution in [0, 0.1) is 0 Å². The van der Waals surface area contributed by atoms with Crippen LogP contribution in [0.5, 0.6) is 11.5 Å². The number of carbonyl (C=O) groups is 1. The van der Waals surface area contributed by atoms with E-state index in [1.54, 1.807) is 24.3 Å². The Balaban J connectivity index is 1.44. The quantitative estimate of drug-likeness (QED) is 0.685. The summed E-state index contributed by atoms with van der Waals surface area (Å²) in [7, 11) is 0. The fourth-order valence-electron chi connectivity index (χ4n) is 2.40. The Labute approximate surface area is 147 Å². The van der Waals surface area contributed by atoms with E-state index in [2.05, 4.69) is 20.5 Å². The van der Waals surface area contributed by atoms with Crippen molar-refractivity contribution in [3.63, 3.8) is 0 Å². The van der Waals surface area contributed by atoms with Gasteiger partial charge in [-0.05, 0) is 29.8 Å². The first-order valence-electron chi connectivity index (χ1n) is 7.56. The number of ether oxygens (including phenoxy) is 2. The average molecular weight is 354 g/mol. The van der Waals surface area contributed by atoms with Crippen molar-refractivity contribution in [1.82, 2.24) is 15.2 Å². The van der Waals surface area contributed by atoms with Gasteiger partial charge in [-0.2, -0.15) is 5.10 Å². The molecule has 2 N–H and O–H groups in total. The van der Waals surface area contributed by atoms with Crippen molar-refractivity contribution in [2.45, 2.75) is 10.9 Å². The van der Waals surface area contributed by atoms with E-state index in [4.69, 9.17) is 9.47 Å². The number of aromatic nitrogens is 3. The van der Waals surface area contributed by atoms with Gasteiger partial charge in [0.15, 0.2) is 16.7 Å². The number of hydrogen-bond donors (Lipinski definition) is 2. The van der Waals surface area contributed by atoms with Gasteiger partial charge in [0.05, 0.1) is 0 Å². The molecule has 0 atom stereocenters. The van der Waals surface area contributed by atoms with Crippen LogP contribution in [0.15, 0.2) is 53.9 Å². The molecule has 2 heterocycles. The summed E-state index contributed by atoms with van der Waals surface area (Å²) in [5.74, 6) is 1.84. The molecule has 3 aromatic rings. The van der Waals surface area contributed by atoms with Crippen LogP contribution in [0.2, 0.25) is 0 Å². The number of hydrogen-bond acceptors (Lipinski definition) is 6. The van der Waals surface area contributed by atoms with E-state index in [-0.39, 0.29) is 12.7 Å². The lowest BCUT2D eigenvalue weighted by molar-refractivity contribution is 0.102. The number of H-pyrrole nitrogens is 1. The number of amides is 1. The smallest absolute Gasteiger partial charge is 0.255 e. The highest BCUT2D eigenvalue weighted by Gasteiger charge is 2.14. The maximum absolute atomic E-state index is 12.5. The van der Waals surface area contributed by atoms with Crippen molar-refractivity contribution in [1.29, 1.82) is 0 Å². The second-order valence-electron chi connectivity index (χ2n) is 5.30. The molecule has 8 heteroatoms. The zero-order chi connectivity index (χ0) is 17.1. The summed E-state index contributed by atoms with van der Waals surface area (Å²) < 4.78 is 10.6. The van der Waals surface area contributed by atoms with E-state index < -0.39 is 0 Å². The first-order valence-corrected chi connectivity index (χ1v) is 8.54. The van der Waals surface area contributed by atoms with E-state index in [9.17, 15) is 4.79 Å². The highest BCUT2D eigenvalue weighted by Crippen LogP contribution is 2.34. The molecule has 1 aliphatic heterocycles. The number of carbonyl (C=O) groups excluding carboxylic acids is 1. The van der Waals surface area contributed by atoms with Gasteiger partial charge in [0.2, 0.25) is 6.79 Å². The van der Waals surface area contributed by atoms with Crippen LogP contribution in [-0.2, 0) is 5.75 Å². The molecule has 25 heavy (non-hydrogen) atoms. The Morgan fingerprint density at radius 3 is 3.00 bits per heavy atom. The lowest BCUT2D eigenvalue weighted by Gasteiger charge is -2.07.